The Balaban J connectivity index is 1.48. The quantitative estimate of drug-likeness (QED) is 0.385. The van der Waals surface area contributed by atoms with E-state index in [0.29, 0.717) is 18.6 Å². The predicted octanol–water partition coefficient (Wildman–Crippen LogP) is 4.92. The van der Waals surface area contributed by atoms with Gasteiger partial charge in [-0.2, -0.15) is 0 Å². The lowest BCUT2D eigenvalue weighted by Gasteiger charge is -2.29. The molecule has 6 nitrogen and oxygen atoms in total. The molecule has 2 aromatic carbocycles. The van der Waals surface area contributed by atoms with Gasteiger partial charge < -0.3 is 14.1 Å². The maximum atomic E-state index is 14.4. The summed E-state index contributed by atoms with van der Waals surface area (Å²) in [6.45, 7) is 3.51. The van der Waals surface area contributed by atoms with Gasteiger partial charge in [-0.3, -0.25) is 9.59 Å². The van der Waals surface area contributed by atoms with E-state index >= 15 is 0 Å². The van der Waals surface area contributed by atoms with E-state index in [1.807, 2.05) is 6.92 Å². The van der Waals surface area contributed by atoms with E-state index in [0.717, 1.165) is 0 Å². The van der Waals surface area contributed by atoms with E-state index in [-0.39, 0.29) is 49.4 Å². The van der Waals surface area contributed by atoms with Crippen molar-refractivity contribution in [3.63, 3.8) is 0 Å². The second-order valence-corrected chi connectivity index (χ2v) is 10.2. The van der Waals surface area contributed by atoms with Gasteiger partial charge in [0.2, 0.25) is 11.3 Å². The zero-order valence-electron chi connectivity index (χ0n) is 17.8. The third-order valence-electron chi connectivity index (χ3n) is 6.19. The molecule has 1 aromatic heterocycles. The maximum Gasteiger partial charge on any atom is 0.335 e. The number of carbonyl (C=O) groups is 2. The number of hydrogen-bond acceptors (Lipinski definition) is 6. The molecular formula is C24H19ClFNO5S. The van der Waals surface area contributed by atoms with Crippen LogP contribution in [-0.2, 0) is 9.59 Å². The Hall–Kier alpha value is -2.84. The number of esters is 1. The zero-order chi connectivity index (χ0) is 23.5. The summed E-state index contributed by atoms with van der Waals surface area (Å²) >= 11 is 7.73. The first-order chi connectivity index (χ1) is 15.7. The Morgan fingerprint density at radius 3 is 2.82 bits per heavy atom. The topological polar surface area (TPSA) is 76.8 Å². The molecule has 2 unspecified atom stereocenters. The van der Waals surface area contributed by atoms with E-state index in [4.69, 9.17) is 20.8 Å². The Morgan fingerprint density at radius 1 is 1.27 bits per heavy atom. The minimum Gasteiger partial charge on any atom is -0.460 e. The van der Waals surface area contributed by atoms with Crippen molar-refractivity contribution in [1.29, 1.82) is 0 Å². The van der Waals surface area contributed by atoms with E-state index in [1.54, 1.807) is 23.6 Å². The lowest BCUT2D eigenvalue weighted by molar-refractivity contribution is -0.146. The number of halogens is 2. The summed E-state index contributed by atoms with van der Waals surface area (Å²) in [7, 11) is 0. The number of nitrogens with zero attached hydrogens (tertiary/aromatic N) is 1. The summed E-state index contributed by atoms with van der Waals surface area (Å²) in [5.74, 6) is -0.361. The second kappa shape index (κ2) is 7.88. The van der Waals surface area contributed by atoms with Gasteiger partial charge in [-0.15, -0.1) is 11.8 Å². The van der Waals surface area contributed by atoms with Crippen molar-refractivity contribution in [3.05, 3.63) is 63.2 Å². The number of rotatable bonds is 3. The molecule has 5 rings (SSSR count). The van der Waals surface area contributed by atoms with Gasteiger partial charge in [0.15, 0.2) is 0 Å². The molecule has 170 valence electrons. The highest BCUT2D eigenvalue weighted by atomic mass is 35.5. The van der Waals surface area contributed by atoms with Crippen LogP contribution in [0.4, 0.5) is 4.39 Å². The fraction of sp³-hybridized carbons (Fsp3) is 0.292. The standard InChI is InChI=1S/C24H19ClFNO5S/c1-12-20(21-15(25)4-3-5-16(21)26)22(29)14-7-6-13(10-18(14)31-12)32-23(30)17-11-33-24(2)9-8-19(28)27(17)24/h3-7,10,17H,8-9,11H2,1-2H3. The molecule has 0 aliphatic carbocycles. The molecule has 2 aliphatic heterocycles. The van der Waals surface area contributed by atoms with Gasteiger partial charge in [0.05, 0.1) is 20.8 Å². The molecule has 0 spiro atoms. The third kappa shape index (κ3) is 3.52. The van der Waals surface area contributed by atoms with Gasteiger partial charge in [0.1, 0.15) is 29.0 Å². The van der Waals surface area contributed by atoms with Crippen LogP contribution in [0.3, 0.4) is 0 Å². The summed E-state index contributed by atoms with van der Waals surface area (Å²) in [6, 6.07) is 7.92. The van der Waals surface area contributed by atoms with Gasteiger partial charge >= 0.3 is 5.97 Å². The lowest BCUT2D eigenvalue weighted by atomic mass is 10.0. The molecule has 2 saturated heterocycles. The van der Waals surface area contributed by atoms with E-state index < -0.39 is 23.3 Å². The highest BCUT2D eigenvalue weighted by Gasteiger charge is 2.53. The van der Waals surface area contributed by atoms with Crippen LogP contribution in [0.2, 0.25) is 5.02 Å². The molecule has 2 fully saturated rings. The molecule has 33 heavy (non-hydrogen) atoms. The Bertz CT molecular complexity index is 1370. The van der Waals surface area contributed by atoms with E-state index in [9.17, 15) is 18.8 Å². The average molecular weight is 488 g/mol. The summed E-state index contributed by atoms with van der Waals surface area (Å²) in [6.07, 6.45) is 1.12. The maximum absolute atomic E-state index is 14.4. The Labute approximate surface area is 197 Å². The van der Waals surface area contributed by atoms with E-state index in [2.05, 4.69) is 0 Å². The Kier molecular flexibility index (Phi) is 5.25. The minimum atomic E-state index is -0.662. The fourth-order valence-corrected chi connectivity index (χ4v) is 6.23. The summed E-state index contributed by atoms with van der Waals surface area (Å²) in [4.78, 5) is 39.5. The molecular weight excluding hydrogens is 469 g/mol. The van der Waals surface area contributed by atoms with E-state index in [1.165, 1.54) is 36.4 Å². The zero-order valence-corrected chi connectivity index (χ0v) is 19.4. The first-order valence-electron chi connectivity index (χ1n) is 10.4. The number of hydrogen-bond donors (Lipinski definition) is 0. The summed E-state index contributed by atoms with van der Waals surface area (Å²) in [5.41, 5.74) is -0.212. The lowest BCUT2D eigenvalue weighted by Crippen LogP contribution is -2.47. The molecule has 3 aromatic rings. The number of fused-ring (bicyclic) bond motifs is 2. The Morgan fingerprint density at radius 2 is 2.06 bits per heavy atom. The van der Waals surface area contributed by atoms with Gasteiger partial charge in [0, 0.05) is 23.8 Å². The largest absolute Gasteiger partial charge is 0.460 e. The van der Waals surface area contributed by atoms with Crippen LogP contribution in [0.5, 0.6) is 5.75 Å². The van der Waals surface area contributed by atoms with Gasteiger partial charge in [0.25, 0.3) is 0 Å². The van der Waals surface area contributed by atoms with Crippen molar-refractivity contribution in [3.8, 4) is 16.9 Å². The van der Waals surface area contributed by atoms with Crippen LogP contribution in [0, 0.1) is 12.7 Å². The van der Waals surface area contributed by atoms with Gasteiger partial charge in [-0.25, -0.2) is 9.18 Å². The molecule has 0 radical (unpaired) electrons. The van der Waals surface area contributed by atoms with Crippen molar-refractivity contribution in [1.82, 2.24) is 4.90 Å². The van der Waals surface area contributed by atoms with Crippen LogP contribution in [0.1, 0.15) is 25.5 Å². The number of ether oxygens (including phenoxy) is 1. The van der Waals surface area contributed by atoms with Crippen LogP contribution in [-0.4, -0.2) is 33.4 Å². The monoisotopic (exact) mass is 487 g/mol. The molecule has 1 amide bonds. The van der Waals surface area contributed by atoms with Crippen LogP contribution in [0.25, 0.3) is 22.1 Å². The van der Waals surface area contributed by atoms with Gasteiger partial charge in [-0.1, -0.05) is 17.7 Å². The number of carbonyl (C=O) groups excluding carboxylic acids is 2. The SMILES string of the molecule is Cc1oc2cc(OC(=O)C3CSC4(C)CCC(=O)N34)ccc2c(=O)c1-c1c(F)cccc1Cl. The van der Waals surface area contributed by atoms with Crippen molar-refractivity contribution in [2.24, 2.45) is 0 Å². The second-order valence-electron chi connectivity index (χ2n) is 8.30. The molecule has 3 heterocycles. The number of aryl methyl sites for hydroxylation is 1. The van der Waals surface area contributed by atoms with Crippen LogP contribution < -0.4 is 10.2 Å². The van der Waals surface area contributed by atoms with Crippen molar-refractivity contribution in [2.45, 2.75) is 37.6 Å². The first kappa shape index (κ1) is 22.0. The number of thioether (sulfide) groups is 1. The van der Waals surface area contributed by atoms with Crippen molar-refractivity contribution >= 4 is 46.2 Å². The highest BCUT2D eigenvalue weighted by molar-refractivity contribution is 8.01. The average Bonchev–Trinajstić information content (AvgIpc) is 3.25. The van der Waals surface area contributed by atoms with Crippen molar-refractivity contribution in [2.75, 3.05) is 5.75 Å². The molecule has 9 heteroatoms. The molecule has 0 N–H and O–H groups in total. The molecule has 2 atom stereocenters. The summed E-state index contributed by atoms with van der Waals surface area (Å²) in [5, 5.41) is 0.307. The summed E-state index contributed by atoms with van der Waals surface area (Å²) < 4.78 is 25.8. The number of benzene rings is 2. The predicted molar refractivity (Wildman–Crippen MR) is 124 cm³/mol. The molecule has 0 saturated carbocycles. The van der Waals surface area contributed by atoms with Crippen molar-refractivity contribution < 1.29 is 23.1 Å². The smallest absolute Gasteiger partial charge is 0.335 e. The van der Waals surface area contributed by atoms with Crippen LogP contribution >= 0.6 is 23.4 Å². The molecule has 0 bridgehead atoms. The highest BCUT2D eigenvalue weighted by Crippen LogP contribution is 2.47. The fourth-order valence-electron chi connectivity index (χ4n) is 4.55. The third-order valence-corrected chi connectivity index (χ3v) is 8.01. The van der Waals surface area contributed by atoms with Gasteiger partial charge in [-0.05, 0) is 44.5 Å². The first-order valence-corrected chi connectivity index (χ1v) is 11.8. The molecule has 2 aliphatic rings. The van der Waals surface area contributed by atoms with Crippen LogP contribution in [0.15, 0.2) is 45.6 Å². The number of amides is 1. The normalized spacial score (nSPS) is 22.1. The minimum absolute atomic E-state index is 0.0140.